The Balaban J connectivity index is 1.81. The average molecular weight is 514 g/mol. The second-order valence-corrected chi connectivity index (χ2v) is 11.0. The summed E-state index contributed by atoms with van der Waals surface area (Å²) in [6.45, 7) is 8.76. The van der Waals surface area contributed by atoms with Gasteiger partial charge in [-0.25, -0.2) is 0 Å². The van der Waals surface area contributed by atoms with Gasteiger partial charge in [0.25, 0.3) is 11.8 Å². The van der Waals surface area contributed by atoms with Crippen LogP contribution in [0, 0.1) is 5.92 Å². The molecule has 1 aromatic carbocycles. The molecule has 0 radical (unpaired) electrons. The van der Waals surface area contributed by atoms with Crippen LogP contribution >= 0.6 is 11.5 Å². The zero-order valence-electron chi connectivity index (χ0n) is 21.8. The summed E-state index contributed by atoms with van der Waals surface area (Å²) < 4.78 is 4.22. The van der Waals surface area contributed by atoms with Gasteiger partial charge in [-0.3, -0.25) is 19.3 Å². The Morgan fingerprint density at radius 2 is 1.75 bits per heavy atom. The van der Waals surface area contributed by atoms with E-state index in [9.17, 15) is 14.4 Å². The highest BCUT2D eigenvalue weighted by Gasteiger charge is 2.29. The van der Waals surface area contributed by atoms with E-state index >= 15 is 0 Å². The molecule has 0 bridgehead atoms. The Labute approximate surface area is 218 Å². The highest BCUT2D eigenvalue weighted by Crippen LogP contribution is 2.28. The molecule has 9 heteroatoms. The van der Waals surface area contributed by atoms with Crippen LogP contribution < -0.4 is 21.3 Å². The van der Waals surface area contributed by atoms with Gasteiger partial charge < -0.3 is 16.4 Å². The van der Waals surface area contributed by atoms with Gasteiger partial charge in [-0.05, 0) is 60.3 Å². The summed E-state index contributed by atoms with van der Waals surface area (Å²) in [5.41, 5.74) is 8.12. The summed E-state index contributed by atoms with van der Waals surface area (Å²) in [5, 5.41) is 5.90. The Morgan fingerprint density at radius 3 is 2.36 bits per heavy atom. The molecule has 1 heterocycles. The van der Waals surface area contributed by atoms with Crippen LogP contribution in [0.2, 0.25) is 0 Å². The SMILES string of the molecule is CC(C)CCNC(=O)CN(C(=O)c1snc(C(=O)NC2CCCCC2)c1N)c1ccc(C(C)C)cc1. The van der Waals surface area contributed by atoms with Crippen LogP contribution in [0.4, 0.5) is 11.4 Å². The number of nitrogens with zero attached hydrogens (tertiary/aromatic N) is 2. The highest BCUT2D eigenvalue weighted by atomic mass is 32.1. The predicted octanol–water partition coefficient (Wildman–Crippen LogP) is 4.72. The lowest BCUT2D eigenvalue weighted by Crippen LogP contribution is -2.41. The fourth-order valence-corrected chi connectivity index (χ4v) is 5.00. The molecule has 1 aliphatic rings. The molecule has 1 aromatic heterocycles. The Morgan fingerprint density at radius 1 is 1.08 bits per heavy atom. The van der Waals surface area contributed by atoms with E-state index in [2.05, 4.69) is 42.7 Å². The number of hydrogen-bond acceptors (Lipinski definition) is 6. The van der Waals surface area contributed by atoms with Gasteiger partial charge in [-0.15, -0.1) is 0 Å². The Kier molecular flexibility index (Phi) is 9.87. The van der Waals surface area contributed by atoms with Crippen molar-refractivity contribution in [1.82, 2.24) is 15.0 Å². The first-order valence-corrected chi connectivity index (χ1v) is 13.7. The third-order valence-corrected chi connectivity index (χ3v) is 7.39. The molecule has 196 valence electrons. The molecule has 36 heavy (non-hydrogen) atoms. The summed E-state index contributed by atoms with van der Waals surface area (Å²) in [5.74, 6) is -0.256. The quantitative estimate of drug-likeness (QED) is 0.425. The molecular weight excluding hydrogens is 474 g/mol. The molecule has 1 saturated carbocycles. The van der Waals surface area contributed by atoms with Crippen LogP contribution in [0.3, 0.4) is 0 Å². The molecular formula is C27H39N5O3S. The normalized spacial score (nSPS) is 14.2. The maximum absolute atomic E-state index is 13.6. The predicted molar refractivity (Wildman–Crippen MR) is 146 cm³/mol. The van der Waals surface area contributed by atoms with Crippen molar-refractivity contribution >= 4 is 40.6 Å². The molecule has 0 spiro atoms. The topological polar surface area (TPSA) is 117 Å². The van der Waals surface area contributed by atoms with Gasteiger partial charge in [-0.1, -0.05) is 59.1 Å². The summed E-state index contributed by atoms with van der Waals surface area (Å²) in [6.07, 6.45) is 6.09. The average Bonchev–Trinajstić information content (AvgIpc) is 3.24. The molecule has 0 saturated heterocycles. The van der Waals surface area contributed by atoms with Crippen molar-refractivity contribution in [3.63, 3.8) is 0 Å². The fraction of sp³-hybridized carbons (Fsp3) is 0.556. The first-order valence-electron chi connectivity index (χ1n) is 12.9. The van der Waals surface area contributed by atoms with Gasteiger partial charge in [0.05, 0.1) is 5.69 Å². The van der Waals surface area contributed by atoms with Gasteiger partial charge in [0.2, 0.25) is 5.91 Å². The highest BCUT2D eigenvalue weighted by molar-refractivity contribution is 7.09. The lowest BCUT2D eigenvalue weighted by molar-refractivity contribution is -0.119. The summed E-state index contributed by atoms with van der Waals surface area (Å²) in [4.78, 5) is 40.7. The van der Waals surface area contributed by atoms with E-state index in [4.69, 9.17) is 5.73 Å². The Hall–Kier alpha value is -2.94. The molecule has 2 aromatic rings. The van der Waals surface area contributed by atoms with E-state index < -0.39 is 5.91 Å². The van der Waals surface area contributed by atoms with Crippen molar-refractivity contribution in [2.75, 3.05) is 23.7 Å². The van der Waals surface area contributed by atoms with Crippen molar-refractivity contribution < 1.29 is 14.4 Å². The van der Waals surface area contributed by atoms with Crippen LogP contribution in [-0.2, 0) is 4.79 Å². The van der Waals surface area contributed by atoms with E-state index in [1.54, 1.807) is 0 Å². The number of carbonyl (C=O) groups is 3. The number of aromatic nitrogens is 1. The van der Waals surface area contributed by atoms with Gasteiger partial charge in [0.1, 0.15) is 11.4 Å². The van der Waals surface area contributed by atoms with Crippen LogP contribution in [0.25, 0.3) is 0 Å². The maximum atomic E-state index is 13.6. The number of carbonyl (C=O) groups excluding carboxylic acids is 3. The second-order valence-electron chi connectivity index (χ2n) is 10.3. The van der Waals surface area contributed by atoms with E-state index in [0.717, 1.165) is 49.2 Å². The number of nitrogen functional groups attached to an aromatic ring is 1. The third-order valence-electron chi connectivity index (χ3n) is 6.54. The number of anilines is 2. The van der Waals surface area contributed by atoms with Gasteiger partial charge in [0.15, 0.2) is 5.69 Å². The molecule has 0 atom stereocenters. The van der Waals surface area contributed by atoms with Crippen molar-refractivity contribution in [1.29, 1.82) is 0 Å². The zero-order valence-corrected chi connectivity index (χ0v) is 22.6. The van der Waals surface area contributed by atoms with Crippen LogP contribution in [-0.4, -0.2) is 41.2 Å². The molecule has 0 aliphatic heterocycles. The summed E-state index contributed by atoms with van der Waals surface area (Å²) in [6, 6.07) is 7.69. The standard InChI is InChI=1S/C27H39N5O3S/c1-17(2)14-15-29-22(33)16-32(21-12-10-19(11-13-21)18(3)4)27(35)25-23(28)24(31-36-25)26(34)30-20-8-6-5-7-9-20/h10-13,17-18,20H,5-9,14-16,28H2,1-4H3,(H,29,33)(H,30,34). The first kappa shape index (κ1) is 27.6. The lowest BCUT2D eigenvalue weighted by atomic mass is 9.95. The number of nitrogens with two attached hydrogens (primary N) is 1. The van der Waals surface area contributed by atoms with E-state index in [1.807, 2.05) is 24.3 Å². The van der Waals surface area contributed by atoms with Gasteiger partial charge in [0, 0.05) is 18.3 Å². The second kappa shape index (κ2) is 12.9. The van der Waals surface area contributed by atoms with Crippen molar-refractivity contribution in [2.45, 2.75) is 78.2 Å². The molecule has 8 nitrogen and oxygen atoms in total. The Bertz CT molecular complexity index is 1040. The molecule has 3 rings (SSSR count). The largest absolute Gasteiger partial charge is 0.395 e. The van der Waals surface area contributed by atoms with Crippen LogP contribution in [0.15, 0.2) is 24.3 Å². The summed E-state index contributed by atoms with van der Waals surface area (Å²) in [7, 11) is 0. The fourth-order valence-electron chi connectivity index (χ4n) is 4.26. The van der Waals surface area contributed by atoms with E-state index in [0.29, 0.717) is 24.1 Å². The summed E-state index contributed by atoms with van der Waals surface area (Å²) >= 11 is 0.896. The molecule has 1 aliphatic carbocycles. The minimum absolute atomic E-state index is 0.0577. The monoisotopic (exact) mass is 513 g/mol. The number of nitrogens with one attached hydrogen (secondary N) is 2. The molecule has 4 N–H and O–H groups in total. The van der Waals surface area contributed by atoms with E-state index in [1.165, 1.54) is 11.3 Å². The molecule has 0 unspecified atom stereocenters. The van der Waals surface area contributed by atoms with Gasteiger partial charge >= 0.3 is 0 Å². The van der Waals surface area contributed by atoms with Crippen LogP contribution in [0.1, 0.15) is 97.9 Å². The van der Waals surface area contributed by atoms with Crippen LogP contribution in [0.5, 0.6) is 0 Å². The minimum atomic E-state index is -0.446. The number of hydrogen-bond donors (Lipinski definition) is 3. The smallest absolute Gasteiger partial charge is 0.273 e. The van der Waals surface area contributed by atoms with E-state index in [-0.39, 0.29) is 40.7 Å². The van der Waals surface area contributed by atoms with Crippen molar-refractivity contribution in [3.05, 3.63) is 40.4 Å². The lowest BCUT2D eigenvalue weighted by Gasteiger charge is -2.23. The number of benzene rings is 1. The first-order chi connectivity index (χ1) is 17.2. The minimum Gasteiger partial charge on any atom is -0.395 e. The number of rotatable bonds is 10. The van der Waals surface area contributed by atoms with Crippen molar-refractivity contribution in [2.24, 2.45) is 5.92 Å². The third kappa shape index (κ3) is 7.29. The zero-order chi connectivity index (χ0) is 26.2. The molecule has 1 fully saturated rings. The van der Waals surface area contributed by atoms with Crippen molar-refractivity contribution in [3.8, 4) is 0 Å². The van der Waals surface area contributed by atoms with Gasteiger partial charge in [-0.2, -0.15) is 4.37 Å². The molecule has 3 amide bonds. The number of amides is 3. The maximum Gasteiger partial charge on any atom is 0.273 e.